The second-order valence-corrected chi connectivity index (χ2v) is 30.0. The minimum Gasteiger partial charge on any atom is -0.147 e. The molecular formula is C12H32ClSi2Sn. The van der Waals surface area contributed by atoms with Crippen LogP contribution in [0.1, 0.15) is 19.8 Å². The quantitative estimate of drug-likeness (QED) is 0.510. The van der Waals surface area contributed by atoms with Crippen LogP contribution in [0.5, 0.6) is 0 Å². The van der Waals surface area contributed by atoms with Gasteiger partial charge in [-0.3, -0.25) is 0 Å². The Kier molecular flexibility index (Phi) is 10.7. The van der Waals surface area contributed by atoms with Gasteiger partial charge in [-0.2, -0.15) is 0 Å². The molecule has 16 heavy (non-hydrogen) atoms. The molecule has 1 radical (unpaired) electrons. The molecule has 0 spiro atoms. The standard InChI is InChI=1S/2C4H11Si.C4H9.ClH.Sn/c2*1-5(2,3)4;1-3-4-2;;/h2*1H2,2-4H3;1,3-4H2,2H3;1H;. The summed E-state index contributed by atoms with van der Waals surface area (Å²) in [6.45, 7) is 17.8. The van der Waals surface area contributed by atoms with Crippen LogP contribution in [0.3, 0.4) is 0 Å². The summed E-state index contributed by atoms with van der Waals surface area (Å²) < 4.78 is 5.19. The molecule has 0 atom stereocenters. The van der Waals surface area contributed by atoms with Crippen molar-refractivity contribution in [2.75, 3.05) is 0 Å². The van der Waals surface area contributed by atoms with E-state index in [1.54, 1.807) is 12.6 Å². The predicted octanol–water partition coefficient (Wildman–Crippen LogP) is 5.46. The Bertz CT molecular complexity index is 157. The maximum absolute atomic E-state index is 2.57. The number of unbranched alkanes of at least 4 members (excludes halogenated alkanes) is 1. The summed E-state index contributed by atoms with van der Waals surface area (Å²) in [6.07, 6.45) is 2.95. The van der Waals surface area contributed by atoms with Crippen LogP contribution >= 0.6 is 12.4 Å². The molecule has 0 rings (SSSR count). The molecule has 0 aromatic carbocycles. The normalized spacial score (nSPS) is 12.8. The van der Waals surface area contributed by atoms with E-state index in [2.05, 4.69) is 46.2 Å². The molecule has 0 amide bonds. The summed E-state index contributed by atoms with van der Waals surface area (Å²) in [7, 11) is -1.52. The molecule has 0 fully saturated rings. The molecule has 99 valence electrons. The summed E-state index contributed by atoms with van der Waals surface area (Å²) in [5.41, 5.74) is 0. The van der Waals surface area contributed by atoms with Crippen molar-refractivity contribution >= 4 is 48.3 Å². The maximum Gasteiger partial charge on any atom is -0.147 e. The summed E-state index contributed by atoms with van der Waals surface area (Å²) in [6, 6.07) is 0. The largest absolute Gasteiger partial charge is 0.147 e. The van der Waals surface area contributed by atoms with E-state index in [0.717, 1.165) is 0 Å². The molecule has 0 aliphatic heterocycles. The number of hydrogen-bond donors (Lipinski definition) is 0. The third-order valence-electron chi connectivity index (χ3n) is 2.44. The van der Waals surface area contributed by atoms with Crippen LogP contribution in [0.2, 0.25) is 51.8 Å². The summed E-state index contributed by atoms with van der Waals surface area (Å²) in [5.74, 6) is 0. The van der Waals surface area contributed by atoms with Crippen LogP contribution in [-0.4, -0.2) is 35.9 Å². The van der Waals surface area contributed by atoms with Crippen molar-refractivity contribution in [1.82, 2.24) is 0 Å². The van der Waals surface area contributed by atoms with E-state index in [4.69, 9.17) is 0 Å². The average Bonchev–Trinajstić information content (AvgIpc) is 1.94. The first-order valence-electron chi connectivity index (χ1n) is 6.47. The molecule has 0 heterocycles. The third kappa shape index (κ3) is 13.6. The van der Waals surface area contributed by atoms with Crippen molar-refractivity contribution < 1.29 is 0 Å². The first-order chi connectivity index (χ1) is 6.64. The Hall–Kier alpha value is 1.52. The van der Waals surface area contributed by atoms with Crippen molar-refractivity contribution in [3.8, 4) is 0 Å². The van der Waals surface area contributed by atoms with Gasteiger partial charge in [0, 0.05) is 0 Å². The topological polar surface area (TPSA) is 0 Å². The van der Waals surface area contributed by atoms with Gasteiger partial charge in [-0.1, -0.05) is 0 Å². The number of rotatable bonds is 7. The fourth-order valence-electron chi connectivity index (χ4n) is 2.17. The van der Waals surface area contributed by atoms with Gasteiger partial charge in [0.15, 0.2) is 0 Å². The van der Waals surface area contributed by atoms with Gasteiger partial charge in [-0.15, -0.1) is 12.4 Å². The van der Waals surface area contributed by atoms with Crippen molar-refractivity contribution in [2.45, 2.75) is 71.6 Å². The minimum atomic E-state index is -0.970. The summed E-state index contributed by atoms with van der Waals surface area (Å²) >= 11 is -0.970. The van der Waals surface area contributed by atoms with E-state index in [1.807, 2.05) is 0 Å². The molecule has 0 N–H and O–H groups in total. The van der Waals surface area contributed by atoms with Crippen LogP contribution in [-0.2, 0) is 0 Å². The van der Waals surface area contributed by atoms with E-state index in [9.17, 15) is 0 Å². The molecule has 0 aliphatic carbocycles. The second kappa shape index (κ2) is 8.59. The van der Waals surface area contributed by atoms with Gasteiger partial charge in [0.2, 0.25) is 0 Å². The Morgan fingerprint density at radius 2 is 1.19 bits per heavy atom. The molecule has 0 aromatic heterocycles. The monoisotopic (exact) mass is 387 g/mol. The first-order valence-corrected chi connectivity index (χ1v) is 19.9. The zero-order chi connectivity index (χ0) is 12.1. The Balaban J connectivity index is 0. The van der Waals surface area contributed by atoms with Gasteiger partial charge >= 0.3 is 108 Å². The SMILES string of the molecule is CCC[CH2][Sn]([CH2][Si](C)(C)C)[CH2][Si](C)(C)C.Cl. The smallest absolute Gasteiger partial charge is 0.147 e. The Morgan fingerprint density at radius 1 is 0.812 bits per heavy atom. The van der Waals surface area contributed by atoms with Crippen LogP contribution in [0.4, 0.5) is 0 Å². The third-order valence-corrected chi connectivity index (χ3v) is 35.3. The fourth-order valence-corrected chi connectivity index (χ4v) is 40.4. The fraction of sp³-hybridized carbons (Fsp3) is 1.00. The van der Waals surface area contributed by atoms with Gasteiger partial charge in [0.05, 0.1) is 0 Å². The molecule has 0 bridgehead atoms. The summed E-state index contributed by atoms with van der Waals surface area (Å²) in [4.78, 5) is 0. The predicted molar refractivity (Wildman–Crippen MR) is 89.0 cm³/mol. The van der Waals surface area contributed by atoms with Crippen LogP contribution in [0.15, 0.2) is 0 Å². The van der Waals surface area contributed by atoms with Gasteiger partial charge < -0.3 is 0 Å². The molecule has 0 saturated carbocycles. The Labute approximate surface area is 119 Å². The van der Waals surface area contributed by atoms with Gasteiger partial charge in [-0.05, 0) is 0 Å². The zero-order valence-electron chi connectivity index (χ0n) is 12.4. The molecule has 0 nitrogen and oxygen atoms in total. The maximum atomic E-state index is 2.57. The minimum absolute atomic E-state index is 0. The van der Waals surface area contributed by atoms with E-state index >= 15 is 0 Å². The van der Waals surface area contributed by atoms with E-state index in [0.29, 0.717) is 0 Å². The Morgan fingerprint density at radius 3 is 1.44 bits per heavy atom. The van der Waals surface area contributed by atoms with Crippen molar-refractivity contribution in [1.29, 1.82) is 0 Å². The zero-order valence-corrected chi connectivity index (χ0v) is 18.1. The molecular weight excluding hydrogens is 354 g/mol. The van der Waals surface area contributed by atoms with E-state index < -0.39 is 35.9 Å². The number of hydrogen-bond acceptors (Lipinski definition) is 0. The average molecular weight is 387 g/mol. The van der Waals surface area contributed by atoms with Crippen LogP contribution in [0, 0.1) is 0 Å². The summed E-state index contributed by atoms with van der Waals surface area (Å²) in [5, 5.41) is 0. The van der Waals surface area contributed by atoms with E-state index in [-0.39, 0.29) is 12.4 Å². The first kappa shape index (κ1) is 19.9. The molecule has 0 saturated heterocycles. The van der Waals surface area contributed by atoms with Crippen molar-refractivity contribution in [2.24, 2.45) is 0 Å². The van der Waals surface area contributed by atoms with E-state index in [1.165, 1.54) is 12.8 Å². The van der Waals surface area contributed by atoms with Gasteiger partial charge in [-0.25, -0.2) is 0 Å². The molecule has 4 heteroatoms. The van der Waals surface area contributed by atoms with Crippen LogP contribution < -0.4 is 0 Å². The van der Waals surface area contributed by atoms with Crippen molar-refractivity contribution in [3.05, 3.63) is 0 Å². The number of halogens is 1. The molecule has 0 aromatic rings. The molecule has 0 unspecified atom stereocenters. The van der Waals surface area contributed by atoms with Gasteiger partial charge in [0.1, 0.15) is 0 Å². The van der Waals surface area contributed by atoms with Crippen molar-refractivity contribution in [3.63, 3.8) is 0 Å². The van der Waals surface area contributed by atoms with Gasteiger partial charge in [0.25, 0.3) is 0 Å². The molecule has 0 aliphatic rings. The van der Waals surface area contributed by atoms with Crippen LogP contribution in [0.25, 0.3) is 0 Å². The second-order valence-electron chi connectivity index (χ2n) is 7.33.